The van der Waals surface area contributed by atoms with Gasteiger partial charge in [0.2, 0.25) is 0 Å². The Bertz CT molecular complexity index is 934. The number of hydrogen-bond donors (Lipinski definition) is 1. The number of carbonyl (C=O) groups is 1. The molecule has 26 heavy (non-hydrogen) atoms. The Kier molecular flexibility index (Phi) is 4.68. The van der Waals surface area contributed by atoms with Crippen molar-refractivity contribution < 1.29 is 4.79 Å². The third-order valence-corrected chi connectivity index (χ3v) is 4.23. The highest BCUT2D eigenvalue weighted by Crippen LogP contribution is 2.24. The number of para-hydroxylation sites is 1. The molecule has 3 rings (SSSR count). The summed E-state index contributed by atoms with van der Waals surface area (Å²) in [6.45, 7) is 10.1. The van der Waals surface area contributed by atoms with E-state index in [0.717, 1.165) is 16.9 Å². The second-order valence-corrected chi connectivity index (χ2v) is 7.67. The van der Waals surface area contributed by atoms with Crippen molar-refractivity contribution in [2.75, 3.05) is 0 Å². The van der Waals surface area contributed by atoms with E-state index < -0.39 is 0 Å². The number of amides is 1. The fourth-order valence-electron chi connectivity index (χ4n) is 2.76. The second kappa shape index (κ2) is 6.79. The predicted octanol–water partition coefficient (Wildman–Crippen LogP) is 4.68. The monoisotopic (exact) mass is 347 g/mol. The summed E-state index contributed by atoms with van der Waals surface area (Å²) in [6.07, 6.45) is 0. The van der Waals surface area contributed by atoms with Crippen molar-refractivity contribution in [3.05, 3.63) is 71.4 Å². The van der Waals surface area contributed by atoms with E-state index in [9.17, 15) is 4.79 Å². The van der Waals surface area contributed by atoms with E-state index in [2.05, 4.69) is 31.3 Å². The van der Waals surface area contributed by atoms with Gasteiger partial charge in [0.05, 0.1) is 11.4 Å². The van der Waals surface area contributed by atoms with Gasteiger partial charge in [0.25, 0.3) is 5.91 Å². The Morgan fingerprint density at radius 1 is 0.962 bits per heavy atom. The van der Waals surface area contributed by atoms with Gasteiger partial charge in [-0.1, -0.05) is 30.3 Å². The van der Waals surface area contributed by atoms with Crippen LogP contribution in [-0.4, -0.2) is 21.2 Å². The van der Waals surface area contributed by atoms with Gasteiger partial charge in [-0.15, -0.1) is 0 Å². The molecule has 0 fully saturated rings. The first-order valence-corrected chi connectivity index (χ1v) is 8.80. The van der Waals surface area contributed by atoms with Crippen LogP contribution in [0.25, 0.3) is 16.9 Å². The van der Waals surface area contributed by atoms with Crippen LogP contribution in [0.1, 0.15) is 42.4 Å². The number of carbonyl (C=O) groups excluding carboxylic acids is 1. The van der Waals surface area contributed by atoms with Crippen LogP contribution in [0.4, 0.5) is 0 Å². The third-order valence-electron chi connectivity index (χ3n) is 4.23. The summed E-state index contributed by atoms with van der Waals surface area (Å²) in [5.74, 6) is -0.135. The number of nitrogens with zero attached hydrogens (tertiary/aromatic N) is 2. The number of rotatable bonds is 3. The quantitative estimate of drug-likeness (QED) is 0.747. The zero-order valence-electron chi connectivity index (χ0n) is 16.0. The van der Waals surface area contributed by atoms with Gasteiger partial charge in [0.1, 0.15) is 5.69 Å². The molecule has 4 nitrogen and oxygen atoms in total. The number of benzene rings is 2. The normalized spacial score (nSPS) is 11.4. The summed E-state index contributed by atoms with van der Waals surface area (Å²) >= 11 is 0. The fraction of sp³-hybridized carbons (Fsp3) is 0.273. The molecule has 0 aliphatic heterocycles. The SMILES string of the molecule is Cc1ccc(-c2cc(C(=O)NC(C)(C)C)n(-c3ccccc3)n2)cc1C. The highest BCUT2D eigenvalue weighted by molar-refractivity contribution is 5.94. The van der Waals surface area contributed by atoms with E-state index in [1.165, 1.54) is 11.1 Å². The highest BCUT2D eigenvalue weighted by Gasteiger charge is 2.21. The van der Waals surface area contributed by atoms with Gasteiger partial charge in [-0.05, 0) is 70.0 Å². The number of aromatic nitrogens is 2. The number of hydrogen-bond acceptors (Lipinski definition) is 2. The maximum atomic E-state index is 12.8. The van der Waals surface area contributed by atoms with Crippen LogP contribution in [0.3, 0.4) is 0 Å². The van der Waals surface area contributed by atoms with Crippen molar-refractivity contribution >= 4 is 5.91 Å². The molecule has 0 spiro atoms. The lowest BCUT2D eigenvalue weighted by Gasteiger charge is -2.20. The van der Waals surface area contributed by atoms with E-state index in [-0.39, 0.29) is 11.4 Å². The second-order valence-electron chi connectivity index (χ2n) is 7.67. The molecule has 0 aliphatic carbocycles. The van der Waals surface area contributed by atoms with Crippen molar-refractivity contribution in [1.29, 1.82) is 0 Å². The molecule has 0 bridgehead atoms. The van der Waals surface area contributed by atoms with Crippen LogP contribution in [0, 0.1) is 13.8 Å². The van der Waals surface area contributed by atoms with Crippen molar-refractivity contribution in [1.82, 2.24) is 15.1 Å². The molecule has 3 aromatic rings. The van der Waals surface area contributed by atoms with E-state index in [1.54, 1.807) is 4.68 Å². The van der Waals surface area contributed by atoms with E-state index in [4.69, 9.17) is 5.10 Å². The molecule has 134 valence electrons. The smallest absolute Gasteiger partial charge is 0.270 e. The molecule has 2 aromatic carbocycles. The van der Waals surface area contributed by atoms with Crippen molar-refractivity contribution in [2.45, 2.75) is 40.2 Å². The maximum absolute atomic E-state index is 12.8. The van der Waals surface area contributed by atoms with Gasteiger partial charge in [-0.25, -0.2) is 4.68 Å². The van der Waals surface area contributed by atoms with Gasteiger partial charge < -0.3 is 5.32 Å². The van der Waals surface area contributed by atoms with E-state index in [1.807, 2.05) is 63.2 Å². The topological polar surface area (TPSA) is 46.9 Å². The van der Waals surface area contributed by atoms with Gasteiger partial charge in [0, 0.05) is 11.1 Å². The minimum atomic E-state index is -0.316. The molecule has 0 aliphatic rings. The van der Waals surface area contributed by atoms with Crippen molar-refractivity contribution in [2.24, 2.45) is 0 Å². The minimum absolute atomic E-state index is 0.135. The van der Waals surface area contributed by atoms with Gasteiger partial charge in [0.15, 0.2) is 0 Å². The molecule has 1 amide bonds. The average molecular weight is 347 g/mol. The number of aryl methyl sites for hydroxylation is 2. The summed E-state index contributed by atoms with van der Waals surface area (Å²) in [5.41, 5.74) is 5.31. The van der Waals surface area contributed by atoms with Crippen LogP contribution in [0.5, 0.6) is 0 Å². The Hall–Kier alpha value is -2.88. The summed E-state index contributed by atoms with van der Waals surface area (Å²) in [7, 11) is 0. The molecule has 1 heterocycles. The molecule has 0 saturated heterocycles. The fourth-order valence-corrected chi connectivity index (χ4v) is 2.76. The standard InChI is InChI=1S/C22H25N3O/c1-15-11-12-17(13-16(15)2)19-14-20(21(26)23-22(3,4)5)25(24-19)18-9-7-6-8-10-18/h6-14H,1-5H3,(H,23,26). The Labute approximate surface area is 154 Å². The lowest BCUT2D eigenvalue weighted by atomic mass is 10.0. The average Bonchev–Trinajstić information content (AvgIpc) is 3.02. The summed E-state index contributed by atoms with van der Waals surface area (Å²) in [5, 5.41) is 7.76. The van der Waals surface area contributed by atoms with E-state index >= 15 is 0 Å². The Balaban J connectivity index is 2.11. The van der Waals surface area contributed by atoms with Crippen LogP contribution < -0.4 is 5.32 Å². The summed E-state index contributed by atoms with van der Waals surface area (Å²) in [4.78, 5) is 12.8. The van der Waals surface area contributed by atoms with Crippen LogP contribution in [0.15, 0.2) is 54.6 Å². The number of nitrogens with one attached hydrogen (secondary N) is 1. The molecule has 0 atom stereocenters. The first-order chi connectivity index (χ1) is 12.2. The molecule has 0 radical (unpaired) electrons. The summed E-state index contributed by atoms with van der Waals surface area (Å²) in [6, 6.07) is 17.8. The molecule has 1 N–H and O–H groups in total. The zero-order valence-corrected chi connectivity index (χ0v) is 16.0. The van der Waals surface area contributed by atoms with E-state index in [0.29, 0.717) is 5.69 Å². The van der Waals surface area contributed by atoms with Crippen LogP contribution in [-0.2, 0) is 0 Å². The molecule has 0 saturated carbocycles. The van der Waals surface area contributed by atoms with Gasteiger partial charge in [-0.3, -0.25) is 4.79 Å². The zero-order chi connectivity index (χ0) is 18.9. The van der Waals surface area contributed by atoms with Crippen LogP contribution >= 0.6 is 0 Å². The largest absolute Gasteiger partial charge is 0.346 e. The lowest BCUT2D eigenvalue weighted by molar-refractivity contribution is 0.0911. The van der Waals surface area contributed by atoms with Crippen molar-refractivity contribution in [3.63, 3.8) is 0 Å². The van der Waals surface area contributed by atoms with Gasteiger partial charge in [-0.2, -0.15) is 5.10 Å². The minimum Gasteiger partial charge on any atom is -0.346 e. The Morgan fingerprint density at radius 2 is 1.65 bits per heavy atom. The van der Waals surface area contributed by atoms with Gasteiger partial charge >= 0.3 is 0 Å². The maximum Gasteiger partial charge on any atom is 0.270 e. The molecular weight excluding hydrogens is 322 g/mol. The molecule has 4 heteroatoms. The first kappa shape index (κ1) is 17.9. The molecular formula is C22H25N3O. The van der Waals surface area contributed by atoms with Crippen molar-refractivity contribution in [3.8, 4) is 16.9 Å². The highest BCUT2D eigenvalue weighted by atomic mass is 16.2. The lowest BCUT2D eigenvalue weighted by Crippen LogP contribution is -2.41. The molecule has 0 unspecified atom stereocenters. The molecule has 1 aromatic heterocycles. The third kappa shape index (κ3) is 3.85. The Morgan fingerprint density at radius 3 is 2.27 bits per heavy atom. The van der Waals surface area contributed by atoms with Crippen LogP contribution in [0.2, 0.25) is 0 Å². The summed E-state index contributed by atoms with van der Waals surface area (Å²) < 4.78 is 1.71. The first-order valence-electron chi connectivity index (χ1n) is 8.80. The predicted molar refractivity (Wildman–Crippen MR) is 106 cm³/mol.